The average Bonchev–Trinajstić information content (AvgIpc) is 2.69. The van der Waals surface area contributed by atoms with Crippen LogP contribution in [0.3, 0.4) is 0 Å². The van der Waals surface area contributed by atoms with Crippen LogP contribution >= 0.6 is 23.6 Å². The van der Waals surface area contributed by atoms with Gasteiger partial charge in [0, 0.05) is 11.1 Å². The lowest BCUT2D eigenvalue weighted by Gasteiger charge is -2.08. The first kappa shape index (κ1) is 16.3. The minimum atomic E-state index is 0.491. The number of nitriles is 1. The zero-order chi connectivity index (χ0) is 17.9. The van der Waals surface area contributed by atoms with Gasteiger partial charge >= 0.3 is 0 Å². The molecule has 0 amide bonds. The van der Waals surface area contributed by atoms with Crippen LogP contribution in [0.2, 0.25) is 0 Å². The zero-order valence-electron chi connectivity index (χ0n) is 13.5. The van der Waals surface area contributed by atoms with Crippen molar-refractivity contribution in [1.82, 2.24) is 9.55 Å². The molecule has 2 aromatic carbocycles. The van der Waals surface area contributed by atoms with Gasteiger partial charge in [-0.05, 0) is 30.3 Å². The second kappa shape index (κ2) is 7.00. The highest BCUT2D eigenvalue weighted by Gasteiger charge is 2.07. The molecule has 0 unspecified atom stereocenters. The van der Waals surface area contributed by atoms with Gasteiger partial charge in [-0.3, -0.25) is 4.57 Å². The molecule has 0 saturated heterocycles. The maximum absolute atomic E-state index is 9.57. The van der Waals surface area contributed by atoms with Gasteiger partial charge in [0.05, 0.1) is 11.3 Å². The van der Waals surface area contributed by atoms with Crippen LogP contribution in [0.1, 0.15) is 5.56 Å². The lowest BCUT2D eigenvalue weighted by atomic mass is 10.2. The Hall–Kier alpha value is -3.14. The van der Waals surface area contributed by atoms with E-state index in [1.165, 1.54) is 11.3 Å². The molecule has 0 bridgehead atoms. The van der Waals surface area contributed by atoms with Gasteiger partial charge in [-0.25, -0.2) is 9.98 Å². The third kappa shape index (κ3) is 3.06. The lowest BCUT2D eigenvalue weighted by molar-refractivity contribution is 0.994. The minimum absolute atomic E-state index is 0.491. The van der Waals surface area contributed by atoms with Crippen LogP contribution < -0.4 is 4.67 Å². The predicted molar refractivity (Wildman–Crippen MR) is 106 cm³/mol. The van der Waals surface area contributed by atoms with Crippen molar-refractivity contribution < 1.29 is 0 Å². The summed E-state index contributed by atoms with van der Waals surface area (Å²) in [6.07, 6.45) is 1.72. The van der Waals surface area contributed by atoms with E-state index < -0.39 is 0 Å². The molecule has 2 heterocycles. The van der Waals surface area contributed by atoms with Crippen LogP contribution in [0.5, 0.6) is 0 Å². The second-order valence-corrected chi connectivity index (χ2v) is 6.86. The largest absolute Gasteiger partial charge is 0.291 e. The molecule has 0 atom stereocenters. The van der Waals surface area contributed by atoms with Gasteiger partial charge in [-0.2, -0.15) is 5.26 Å². The molecule has 0 fully saturated rings. The molecule has 0 spiro atoms. The van der Waals surface area contributed by atoms with Crippen molar-refractivity contribution >= 4 is 39.5 Å². The number of nitrogens with zero attached hydrogens (tertiary/aromatic N) is 4. The van der Waals surface area contributed by atoms with Crippen molar-refractivity contribution in [3.8, 4) is 11.8 Å². The van der Waals surface area contributed by atoms with Crippen LogP contribution in [0.4, 0.5) is 5.69 Å². The van der Waals surface area contributed by atoms with Crippen molar-refractivity contribution in [3.05, 3.63) is 87.9 Å². The Morgan fingerprint density at radius 2 is 1.73 bits per heavy atom. The van der Waals surface area contributed by atoms with Gasteiger partial charge in [-0.1, -0.05) is 60.0 Å². The van der Waals surface area contributed by atoms with E-state index in [-0.39, 0.29) is 0 Å². The van der Waals surface area contributed by atoms with Crippen molar-refractivity contribution in [2.75, 3.05) is 0 Å². The minimum Gasteiger partial charge on any atom is -0.291 e. The molecule has 4 rings (SSSR count). The Morgan fingerprint density at radius 3 is 2.42 bits per heavy atom. The van der Waals surface area contributed by atoms with E-state index >= 15 is 0 Å². The van der Waals surface area contributed by atoms with Crippen LogP contribution in [0.25, 0.3) is 15.9 Å². The molecule has 0 N–H and O–H groups in total. The lowest BCUT2D eigenvalue weighted by Crippen LogP contribution is -2.05. The summed E-state index contributed by atoms with van der Waals surface area (Å²) in [5.74, 6) is 0. The number of rotatable bonds is 2. The fourth-order valence-corrected chi connectivity index (χ4v) is 3.85. The van der Waals surface area contributed by atoms with Gasteiger partial charge in [0.1, 0.15) is 26.5 Å². The first-order valence-electron chi connectivity index (χ1n) is 7.87. The van der Waals surface area contributed by atoms with E-state index in [2.05, 4.69) is 16.0 Å². The first-order valence-corrected chi connectivity index (χ1v) is 9.09. The summed E-state index contributed by atoms with van der Waals surface area (Å²) >= 11 is 7.02. The Balaban J connectivity index is 1.96. The molecule has 2 aromatic heterocycles. The summed E-state index contributed by atoms with van der Waals surface area (Å²) in [5.41, 5.74) is 2.23. The normalized spacial score (nSPS) is 11.4. The molecule has 4 nitrogen and oxygen atoms in total. The predicted octanol–water partition coefficient (Wildman–Crippen LogP) is 4.92. The number of fused-ring (bicyclic) bond motifs is 1. The van der Waals surface area contributed by atoms with Gasteiger partial charge < -0.3 is 0 Å². The molecule has 0 saturated carbocycles. The highest BCUT2D eigenvalue weighted by atomic mass is 32.1. The Kier molecular flexibility index (Phi) is 4.40. The molecule has 4 aromatic rings. The first-order chi connectivity index (χ1) is 12.8. The van der Waals surface area contributed by atoms with Gasteiger partial charge in [0.15, 0.2) is 0 Å². The SMILES string of the molecule is N#Cc1cc2c(=S)n(-c3ccccc3)cnc2sc1=Nc1ccccc1. The maximum atomic E-state index is 9.57. The fourth-order valence-electron chi connectivity index (χ4n) is 2.57. The summed E-state index contributed by atoms with van der Waals surface area (Å²) in [6.45, 7) is 0. The van der Waals surface area contributed by atoms with E-state index in [1.807, 2.05) is 65.2 Å². The highest BCUT2D eigenvalue weighted by Crippen LogP contribution is 2.20. The van der Waals surface area contributed by atoms with E-state index in [0.717, 1.165) is 21.6 Å². The summed E-state index contributed by atoms with van der Waals surface area (Å²) < 4.78 is 3.10. The molecule has 0 aliphatic rings. The Morgan fingerprint density at radius 1 is 1.04 bits per heavy atom. The van der Waals surface area contributed by atoms with Gasteiger partial charge in [0.2, 0.25) is 0 Å². The molecule has 0 aliphatic heterocycles. The number of hydrogen-bond donors (Lipinski definition) is 0. The quantitative estimate of drug-likeness (QED) is 0.469. The van der Waals surface area contributed by atoms with Crippen LogP contribution in [-0.2, 0) is 0 Å². The maximum Gasteiger partial charge on any atom is 0.136 e. The van der Waals surface area contributed by atoms with E-state index in [0.29, 0.717) is 14.9 Å². The van der Waals surface area contributed by atoms with Crippen LogP contribution in [0.15, 0.2) is 78.0 Å². The number of para-hydroxylation sites is 2. The highest BCUT2D eigenvalue weighted by molar-refractivity contribution is 7.71. The summed E-state index contributed by atoms with van der Waals surface area (Å²) in [7, 11) is 0. The Labute approximate surface area is 159 Å². The van der Waals surface area contributed by atoms with Gasteiger partial charge in [-0.15, -0.1) is 0 Å². The zero-order valence-corrected chi connectivity index (χ0v) is 15.2. The Bertz CT molecular complexity index is 1250. The van der Waals surface area contributed by atoms with Crippen molar-refractivity contribution in [2.24, 2.45) is 4.99 Å². The molecule has 0 aliphatic carbocycles. The molecular weight excluding hydrogens is 360 g/mol. The molecule has 0 radical (unpaired) electrons. The van der Waals surface area contributed by atoms with Crippen molar-refractivity contribution in [1.29, 1.82) is 5.26 Å². The summed E-state index contributed by atoms with van der Waals surface area (Å²) in [4.78, 5) is 9.89. The van der Waals surface area contributed by atoms with E-state index in [9.17, 15) is 5.26 Å². The number of aromatic nitrogens is 2. The molecular formula is C20H12N4S2. The molecule has 26 heavy (non-hydrogen) atoms. The van der Waals surface area contributed by atoms with Crippen molar-refractivity contribution in [3.63, 3.8) is 0 Å². The topological polar surface area (TPSA) is 54.0 Å². The third-order valence-corrected chi connectivity index (χ3v) is 5.26. The molecule has 124 valence electrons. The van der Waals surface area contributed by atoms with E-state index in [1.54, 1.807) is 12.4 Å². The average molecular weight is 372 g/mol. The van der Waals surface area contributed by atoms with Gasteiger partial charge in [0.25, 0.3) is 0 Å². The number of benzene rings is 2. The van der Waals surface area contributed by atoms with Crippen LogP contribution in [-0.4, -0.2) is 9.55 Å². The smallest absolute Gasteiger partial charge is 0.136 e. The standard InChI is InChI=1S/C20H12N4S2/c21-12-14-11-17-19(26-18(14)23-15-7-3-1-4-8-15)22-13-24(20(17)25)16-9-5-2-6-10-16/h1-11,13H. The van der Waals surface area contributed by atoms with E-state index in [4.69, 9.17) is 12.2 Å². The summed E-state index contributed by atoms with van der Waals surface area (Å²) in [5, 5.41) is 10.3. The monoisotopic (exact) mass is 372 g/mol. The summed E-state index contributed by atoms with van der Waals surface area (Å²) in [6, 6.07) is 23.4. The third-order valence-electron chi connectivity index (χ3n) is 3.82. The number of hydrogen-bond acceptors (Lipinski definition) is 5. The van der Waals surface area contributed by atoms with Crippen LogP contribution in [0, 0.1) is 16.0 Å². The molecule has 6 heteroatoms. The van der Waals surface area contributed by atoms with Crippen molar-refractivity contribution in [2.45, 2.75) is 0 Å². The second-order valence-electron chi connectivity index (χ2n) is 5.50. The fraction of sp³-hybridized carbons (Fsp3) is 0.